The van der Waals surface area contributed by atoms with Gasteiger partial charge in [0.05, 0.1) is 11.2 Å². The van der Waals surface area contributed by atoms with Gasteiger partial charge in [-0.15, -0.1) is 11.3 Å². The number of hydrogen-bond acceptors (Lipinski definition) is 4. The maximum atomic E-state index is 6.85. The van der Waals surface area contributed by atoms with Gasteiger partial charge in [-0.05, 0) is 18.2 Å². The average Bonchev–Trinajstić information content (AvgIpc) is 3.78. The van der Waals surface area contributed by atoms with E-state index in [1.807, 2.05) is 41.7 Å². The van der Waals surface area contributed by atoms with Crippen molar-refractivity contribution < 1.29 is 4.42 Å². The lowest BCUT2D eigenvalue weighted by Gasteiger charge is -2.12. The van der Waals surface area contributed by atoms with E-state index in [0.29, 0.717) is 5.82 Å². The Morgan fingerprint density at radius 2 is 1.22 bits per heavy atom. The summed E-state index contributed by atoms with van der Waals surface area (Å²) in [6, 6.07) is 48.4. The SMILES string of the molecule is c1ccc(-c2cc(-n3c4ccccc4c4c5sc6ccccc6c5c5c6ccccc6oc5c43)nc(-c3ccccc3)n2)cc1. The van der Waals surface area contributed by atoms with E-state index in [2.05, 4.69) is 114 Å². The zero-order valence-electron chi connectivity index (χ0n) is 23.9. The largest absolute Gasteiger partial charge is 0.454 e. The molecular formula is C40H23N3OS. The monoisotopic (exact) mass is 593 g/mol. The van der Waals surface area contributed by atoms with E-state index in [1.165, 1.54) is 30.9 Å². The molecule has 4 heterocycles. The zero-order chi connectivity index (χ0) is 29.5. The van der Waals surface area contributed by atoms with Gasteiger partial charge in [0, 0.05) is 58.9 Å². The van der Waals surface area contributed by atoms with Gasteiger partial charge in [-0.2, -0.15) is 0 Å². The number of thiophene rings is 1. The number of rotatable bonds is 3. The Kier molecular flexibility index (Phi) is 5.12. The molecule has 10 rings (SSSR count). The first-order chi connectivity index (χ1) is 22.3. The lowest BCUT2D eigenvalue weighted by atomic mass is 10.0. The predicted octanol–water partition coefficient (Wildman–Crippen LogP) is 11.2. The number of fused-ring (bicyclic) bond motifs is 12. The standard InChI is InChI=1S/C40H23N3OS/c1-3-13-24(14-4-1)29-23-33(42-40(41-29)25-15-5-2-6-16-25)43-30-20-10-7-17-26(30)36-37(43)38-34(27-18-8-11-21-31(27)44-38)35-28-19-9-12-22-32(28)45-39(35)36/h1-23H. The van der Waals surface area contributed by atoms with E-state index < -0.39 is 0 Å². The molecule has 0 saturated heterocycles. The van der Waals surface area contributed by atoms with Gasteiger partial charge in [0.1, 0.15) is 16.9 Å². The number of benzene rings is 6. The maximum Gasteiger partial charge on any atom is 0.162 e. The van der Waals surface area contributed by atoms with Crippen LogP contribution in [0, 0.1) is 0 Å². The van der Waals surface area contributed by atoms with Crippen LogP contribution in [-0.4, -0.2) is 14.5 Å². The first-order valence-electron chi connectivity index (χ1n) is 15.0. The molecule has 0 bridgehead atoms. The summed E-state index contributed by atoms with van der Waals surface area (Å²) in [5, 5.41) is 7.14. The molecule has 0 radical (unpaired) electrons. The second-order valence-corrected chi connectivity index (χ2v) is 12.4. The Balaban J connectivity index is 1.44. The maximum absolute atomic E-state index is 6.85. The van der Waals surface area contributed by atoms with Gasteiger partial charge in [-0.1, -0.05) is 115 Å². The molecule has 0 atom stereocenters. The summed E-state index contributed by atoms with van der Waals surface area (Å²) in [6.07, 6.45) is 0. The van der Waals surface area contributed by atoms with E-state index in [-0.39, 0.29) is 0 Å². The van der Waals surface area contributed by atoms with Crippen molar-refractivity contribution in [2.24, 2.45) is 0 Å². The molecule has 10 aromatic rings. The molecule has 0 aliphatic heterocycles. The summed E-state index contributed by atoms with van der Waals surface area (Å²) in [6.45, 7) is 0. The molecular weight excluding hydrogens is 571 g/mol. The highest BCUT2D eigenvalue weighted by molar-refractivity contribution is 7.27. The third-order valence-electron chi connectivity index (χ3n) is 8.80. The minimum atomic E-state index is 0.682. The van der Waals surface area contributed by atoms with E-state index in [1.54, 1.807) is 0 Å². The van der Waals surface area contributed by atoms with Gasteiger partial charge in [0.25, 0.3) is 0 Å². The lowest BCUT2D eigenvalue weighted by Crippen LogP contribution is -2.02. The predicted molar refractivity (Wildman–Crippen MR) is 187 cm³/mol. The summed E-state index contributed by atoms with van der Waals surface area (Å²) in [7, 11) is 0. The quantitative estimate of drug-likeness (QED) is 0.205. The van der Waals surface area contributed by atoms with Crippen molar-refractivity contribution in [3.63, 3.8) is 0 Å². The number of hydrogen-bond donors (Lipinski definition) is 0. The van der Waals surface area contributed by atoms with Gasteiger partial charge >= 0.3 is 0 Å². The minimum Gasteiger partial charge on any atom is -0.454 e. The summed E-state index contributed by atoms with van der Waals surface area (Å²) in [5.74, 6) is 1.48. The highest BCUT2D eigenvalue weighted by Gasteiger charge is 2.26. The Morgan fingerprint density at radius 1 is 0.556 bits per heavy atom. The molecule has 0 amide bonds. The molecule has 0 N–H and O–H groups in total. The van der Waals surface area contributed by atoms with Crippen LogP contribution in [0.4, 0.5) is 0 Å². The van der Waals surface area contributed by atoms with Crippen LogP contribution >= 0.6 is 11.3 Å². The highest BCUT2D eigenvalue weighted by Crippen LogP contribution is 2.50. The van der Waals surface area contributed by atoms with Crippen LogP contribution in [0.5, 0.6) is 0 Å². The van der Waals surface area contributed by atoms with Gasteiger partial charge < -0.3 is 4.42 Å². The van der Waals surface area contributed by atoms with E-state index >= 15 is 0 Å². The second kappa shape index (κ2) is 9.36. The van der Waals surface area contributed by atoms with E-state index in [4.69, 9.17) is 14.4 Å². The lowest BCUT2D eigenvalue weighted by molar-refractivity contribution is 0.671. The first-order valence-corrected chi connectivity index (χ1v) is 15.8. The van der Waals surface area contributed by atoms with Crippen molar-refractivity contribution in [1.82, 2.24) is 14.5 Å². The molecule has 210 valence electrons. The summed E-state index contributed by atoms with van der Waals surface area (Å²) < 4.78 is 11.7. The summed E-state index contributed by atoms with van der Waals surface area (Å²) >= 11 is 1.85. The molecule has 6 aromatic carbocycles. The van der Waals surface area contributed by atoms with Crippen molar-refractivity contribution >= 4 is 75.3 Å². The van der Waals surface area contributed by atoms with Crippen LogP contribution < -0.4 is 0 Å². The molecule has 5 heteroatoms. The fourth-order valence-electron chi connectivity index (χ4n) is 6.87. The van der Waals surface area contributed by atoms with Crippen molar-refractivity contribution in [2.45, 2.75) is 0 Å². The number of nitrogens with zero attached hydrogens (tertiary/aromatic N) is 3. The molecule has 45 heavy (non-hydrogen) atoms. The van der Waals surface area contributed by atoms with E-state index in [9.17, 15) is 0 Å². The summed E-state index contributed by atoms with van der Waals surface area (Å²) in [4.78, 5) is 10.3. The average molecular weight is 594 g/mol. The van der Waals surface area contributed by atoms with Crippen LogP contribution in [0.1, 0.15) is 0 Å². The number of para-hydroxylation sites is 2. The van der Waals surface area contributed by atoms with Crippen LogP contribution in [-0.2, 0) is 0 Å². The van der Waals surface area contributed by atoms with Crippen LogP contribution in [0.15, 0.2) is 144 Å². The fourth-order valence-corrected chi connectivity index (χ4v) is 8.14. The van der Waals surface area contributed by atoms with Crippen molar-refractivity contribution in [3.05, 3.63) is 140 Å². The Bertz CT molecular complexity index is 2700. The molecule has 0 aliphatic carbocycles. The third-order valence-corrected chi connectivity index (χ3v) is 9.99. The van der Waals surface area contributed by atoms with Gasteiger partial charge in [-0.25, -0.2) is 9.97 Å². The topological polar surface area (TPSA) is 43.9 Å². The summed E-state index contributed by atoms with van der Waals surface area (Å²) in [5.41, 5.74) is 6.74. The zero-order valence-corrected chi connectivity index (χ0v) is 24.8. The molecule has 0 saturated carbocycles. The van der Waals surface area contributed by atoms with Crippen LogP contribution in [0.3, 0.4) is 0 Å². The second-order valence-electron chi connectivity index (χ2n) is 11.3. The number of aromatic nitrogens is 3. The third kappa shape index (κ3) is 3.53. The number of furan rings is 1. The minimum absolute atomic E-state index is 0.682. The van der Waals surface area contributed by atoms with Gasteiger partial charge in [0.15, 0.2) is 11.4 Å². The normalized spacial score (nSPS) is 12.0. The molecule has 4 nitrogen and oxygen atoms in total. The van der Waals surface area contributed by atoms with Crippen molar-refractivity contribution in [1.29, 1.82) is 0 Å². The van der Waals surface area contributed by atoms with Crippen LogP contribution in [0.25, 0.3) is 92.4 Å². The van der Waals surface area contributed by atoms with Crippen molar-refractivity contribution in [2.75, 3.05) is 0 Å². The highest BCUT2D eigenvalue weighted by atomic mass is 32.1. The van der Waals surface area contributed by atoms with Crippen molar-refractivity contribution in [3.8, 4) is 28.5 Å². The first kappa shape index (κ1) is 24.6. The Hall–Kier alpha value is -5.78. The smallest absolute Gasteiger partial charge is 0.162 e. The Labute approximate surface area is 261 Å². The molecule has 4 aromatic heterocycles. The van der Waals surface area contributed by atoms with Gasteiger partial charge in [-0.3, -0.25) is 4.57 Å². The fraction of sp³-hybridized carbons (Fsp3) is 0. The molecule has 0 fully saturated rings. The molecule has 0 aliphatic rings. The van der Waals surface area contributed by atoms with Gasteiger partial charge in [0.2, 0.25) is 0 Å². The molecule has 0 unspecified atom stereocenters. The van der Waals surface area contributed by atoms with Crippen LogP contribution in [0.2, 0.25) is 0 Å². The molecule has 0 spiro atoms. The Morgan fingerprint density at radius 3 is 2.04 bits per heavy atom. The van der Waals surface area contributed by atoms with E-state index in [0.717, 1.165) is 55.6 Å².